The van der Waals surface area contributed by atoms with Crippen LogP contribution in [0.1, 0.15) is 11.1 Å². The molecule has 0 amide bonds. The Balaban J connectivity index is 1.12. The molecule has 0 unspecified atom stereocenters. The van der Waals surface area contributed by atoms with Crippen molar-refractivity contribution in [3.63, 3.8) is 0 Å². The molecular formula is C65H45N5. The number of rotatable bonds is 8. The van der Waals surface area contributed by atoms with E-state index < -0.39 is 0 Å². The number of hydrogen-bond donors (Lipinski definition) is 0. The maximum absolute atomic E-state index is 5.41. The van der Waals surface area contributed by atoms with E-state index in [9.17, 15) is 0 Å². The number of para-hydroxylation sites is 3. The third-order valence-corrected chi connectivity index (χ3v) is 13.7. The van der Waals surface area contributed by atoms with Crippen molar-refractivity contribution in [2.75, 3.05) is 0 Å². The minimum absolute atomic E-state index is 0.586. The molecule has 13 aromatic rings. The number of fused-ring (bicyclic) bond motifs is 6. The Bertz CT molecular complexity index is 3940. The van der Waals surface area contributed by atoms with E-state index in [-0.39, 0.29) is 0 Å². The van der Waals surface area contributed by atoms with Crippen molar-refractivity contribution in [3.05, 3.63) is 248 Å². The summed E-state index contributed by atoms with van der Waals surface area (Å²) in [7, 11) is 0. The number of aromatic nitrogens is 5. The lowest BCUT2D eigenvalue weighted by Gasteiger charge is -2.17. The van der Waals surface area contributed by atoms with Crippen LogP contribution in [0.4, 0.5) is 0 Å². The van der Waals surface area contributed by atoms with Crippen LogP contribution in [0, 0.1) is 13.8 Å². The molecule has 0 saturated carbocycles. The number of aryl methyl sites for hydroxylation is 2. The van der Waals surface area contributed by atoms with Crippen LogP contribution in [0.25, 0.3) is 123 Å². The average Bonchev–Trinajstić information content (AvgIpc) is 3.94. The average molecular weight is 896 g/mol. The molecule has 10 aromatic carbocycles. The first-order valence-corrected chi connectivity index (χ1v) is 23.8. The number of nitrogens with zero attached hydrogens (tertiary/aromatic N) is 5. The van der Waals surface area contributed by atoms with Crippen LogP contribution in [0.15, 0.2) is 237 Å². The maximum Gasteiger partial charge on any atom is 0.166 e. The maximum atomic E-state index is 5.41. The lowest BCUT2D eigenvalue weighted by Crippen LogP contribution is -2.04. The van der Waals surface area contributed by atoms with E-state index >= 15 is 0 Å². The first-order valence-electron chi connectivity index (χ1n) is 23.8. The van der Waals surface area contributed by atoms with Gasteiger partial charge in [0.15, 0.2) is 17.5 Å². The van der Waals surface area contributed by atoms with E-state index in [0.29, 0.717) is 17.5 Å². The fourth-order valence-electron chi connectivity index (χ4n) is 10.2. The van der Waals surface area contributed by atoms with Gasteiger partial charge in [-0.25, -0.2) is 15.0 Å². The Kier molecular flexibility index (Phi) is 9.88. The van der Waals surface area contributed by atoms with Crippen LogP contribution in [0.2, 0.25) is 0 Å². The van der Waals surface area contributed by atoms with Crippen molar-refractivity contribution < 1.29 is 0 Å². The molecule has 5 heteroatoms. The van der Waals surface area contributed by atoms with Gasteiger partial charge in [0.1, 0.15) is 0 Å². The van der Waals surface area contributed by atoms with E-state index in [4.69, 9.17) is 15.0 Å². The van der Waals surface area contributed by atoms with Crippen LogP contribution in [-0.4, -0.2) is 24.1 Å². The lowest BCUT2D eigenvalue weighted by atomic mass is 9.98. The van der Waals surface area contributed by atoms with Crippen molar-refractivity contribution >= 4 is 43.6 Å². The minimum Gasteiger partial charge on any atom is -0.309 e. The van der Waals surface area contributed by atoms with Gasteiger partial charge in [0.25, 0.3) is 0 Å². The second-order valence-electron chi connectivity index (χ2n) is 18.2. The van der Waals surface area contributed by atoms with Crippen molar-refractivity contribution in [3.8, 4) is 78.9 Å². The fourth-order valence-corrected chi connectivity index (χ4v) is 10.2. The van der Waals surface area contributed by atoms with E-state index in [1.165, 1.54) is 54.9 Å². The predicted molar refractivity (Wildman–Crippen MR) is 291 cm³/mol. The van der Waals surface area contributed by atoms with E-state index in [1.807, 2.05) is 36.4 Å². The molecule has 70 heavy (non-hydrogen) atoms. The molecule has 0 N–H and O–H groups in total. The summed E-state index contributed by atoms with van der Waals surface area (Å²) in [5.41, 5.74) is 18.6. The second kappa shape index (κ2) is 16.8. The van der Waals surface area contributed by atoms with E-state index in [1.54, 1.807) is 0 Å². The van der Waals surface area contributed by atoms with E-state index in [0.717, 1.165) is 61.3 Å². The summed E-state index contributed by atoms with van der Waals surface area (Å²) in [6.07, 6.45) is 0. The van der Waals surface area contributed by atoms with Gasteiger partial charge in [-0.15, -0.1) is 0 Å². The van der Waals surface area contributed by atoms with Gasteiger partial charge in [-0.1, -0.05) is 193 Å². The van der Waals surface area contributed by atoms with E-state index in [2.05, 4.69) is 223 Å². The third-order valence-electron chi connectivity index (χ3n) is 13.7. The second-order valence-corrected chi connectivity index (χ2v) is 18.2. The molecule has 0 radical (unpaired) electrons. The predicted octanol–water partition coefficient (Wildman–Crippen LogP) is 16.7. The Morgan fingerprint density at radius 2 is 0.757 bits per heavy atom. The standard InChI is InChI=1S/C65H45N5/c1-42-25-29-44(30-26-42)48-33-36-59-55(39-48)56-40-49(45-31-27-43(2)28-32-45)34-37-60(56)70(59)61-38-35-50(52-22-14-23-54-53-21-12-13-24-58(53)69(62(52)54)51-19-10-5-11-20-51)41-57(61)65-67-63(46-15-6-3-7-16-46)66-64(68-65)47-17-8-4-9-18-47/h3-41H,1-2H3. The van der Waals surface area contributed by atoms with Crippen molar-refractivity contribution in [2.45, 2.75) is 13.8 Å². The molecule has 5 nitrogen and oxygen atoms in total. The monoisotopic (exact) mass is 895 g/mol. The quantitative estimate of drug-likeness (QED) is 0.153. The number of hydrogen-bond acceptors (Lipinski definition) is 3. The first-order chi connectivity index (χ1) is 34.5. The molecular weight excluding hydrogens is 851 g/mol. The molecule has 0 spiro atoms. The summed E-state index contributed by atoms with van der Waals surface area (Å²) in [6.45, 7) is 4.27. The fraction of sp³-hybridized carbons (Fsp3) is 0.0308. The molecule has 0 aliphatic rings. The van der Waals surface area contributed by atoms with Crippen molar-refractivity contribution in [2.24, 2.45) is 0 Å². The lowest BCUT2D eigenvalue weighted by molar-refractivity contribution is 1.06. The summed E-state index contributed by atoms with van der Waals surface area (Å²) >= 11 is 0. The number of benzene rings is 10. The molecule has 0 aliphatic heterocycles. The summed E-state index contributed by atoms with van der Waals surface area (Å²) in [5.74, 6) is 1.81. The SMILES string of the molecule is Cc1ccc(-c2ccc3c(c2)c2cc(-c4ccc(C)cc4)ccc2n3-c2ccc(-c3cccc4c5ccccc5n(-c5ccccc5)c34)cc2-c2nc(-c3ccccc3)nc(-c3ccccc3)n2)cc1. The molecule has 0 bridgehead atoms. The first kappa shape index (κ1) is 41.0. The highest BCUT2D eigenvalue weighted by atomic mass is 15.1. The summed E-state index contributed by atoms with van der Waals surface area (Å²) in [6, 6.07) is 84.8. The highest BCUT2D eigenvalue weighted by molar-refractivity contribution is 6.15. The van der Waals surface area contributed by atoms with Gasteiger partial charge in [0.05, 0.1) is 27.8 Å². The summed E-state index contributed by atoms with van der Waals surface area (Å²) in [4.78, 5) is 16.0. The van der Waals surface area contributed by atoms with Gasteiger partial charge in [-0.05, 0) is 96.3 Å². The van der Waals surface area contributed by atoms with Crippen LogP contribution in [-0.2, 0) is 0 Å². The van der Waals surface area contributed by atoms with Gasteiger partial charge in [-0.2, -0.15) is 0 Å². The molecule has 0 atom stereocenters. The van der Waals surface area contributed by atoms with Gasteiger partial charge in [0, 0.05) is 49.5 Å². The largest absolute Gasteiger partial charge is 0.309 e. The Labute approximate surface area is 406 Å². The zero-order valence-corrected chi connectivity index (χ0v) is 38.8. The molecule has 3 heterocycles. The van der Waals surface area contributed by atoms with Gasteiger partial charge >= 0.3 is 0 Å². The highest BCUT2D eigenvalue weighted by Gasteiger charge is 2.23. The van der Waals surface area contributed by atoms with Gasteiger partial charge in [-0.3, -0.25) is 0 Å². The van der Waals surface area contributed by atoms with Crippen molar-refractivity contribution in [1.29, 1.82) is 0 Å². The Morgan fingerprint density at radius 3 is 1.34 bits per heavy atom. The van der Waals surface area contributed by atoms with Crippen LogP contribution in [0.5, 0.6) is 0 Å². The molecule has 0 fully saturated rings. The highest BCUT2D eigenvalue weighted by Crippen LogP contribution is 2.43. The summed E-state index contributed by atoms with van der Waals surface area (Å²) < 4.78 is 4.82. The summed E-state index contributed by atoms with van der Waals surface area (Å²) in [5, 5.41) is 4.73. The minimum atomic E-state index is 0.586. The van der Waals surface area contributed by atoms with Crippen LogP contribution < -0.4 is 0 Å². The third kappa shape index (κ3) is 7.06. The molecule has 13 rings (SSSR count). The zero-order valence-electron chi connectivity index (χ0n) is 38.8. The van der Waals surface area contributed by atoms with Crippen LogP contribution in [0.3, 0.4) is 0 Å². The Hall–Kier alpha value is -9.19. The Morgan fingerprint density at radius 1 is 0.286 bits per heavy atom. The molecule has 0 saturated heterocycles. The molecule has 0 aliphatic carbocycles. The topological polar surface area (TPSA) is 48.5 Å². The van der Waals surface area contributed by atoms with Crippen LogP contribution >= 0.6 is 0 Å². The van der Waals surface area contributed by atoms with Gasteiger partial charge < -0.3 is 9.13 Å². The normalized spacial score (nSPS) is 11.6. The van der Waals surface area contributed by atoms with Crippen molar-refractivity contribution in [1.82, 2.24) is 24.1 Å². The zero-order chi connectivity index (χ0) is 46.7. The van der Waals surface area contributed by atoms with Gasteiger partial charge in [0.2, 0.25) is 0 Å². The molecule has 3 aromatic heterocycles. The smallest absolute Gasteiger partial charge is 0.166 e. The molecule has 330 valence electrons.